The third-order valence-electron chi connectivity index (χ3n) is 2.74. The summed E-state index contributed by atoms with van der Waals surface area (Å²) in [5, 5.41) is 0. The van der Waals surface area contributed by atoms with E-state index in [-0.39, 0.29) is 17.4 Å². The maximum atomic E-state index is 12.1. The quantitative estimate of drug-likeness (QED) is 0.755. The highest BCUT2D eigenvalue weighted by atomic mass is 35.7. The normalized spacial score (nSPS) is 13.3. The zero-order valence-electron chi connectivity index (χ0n) is 10.3. The SMILES string of the molecule is CCC(C)c1cc(S(=O)(=O)Cl)ccc1OCCF. The van der Waals surface area contributed by atoms with Crippen molar-refractivity contribution in [1.82, 2.24) is 0 Å². The van der Waals surface area contributed by atoms with Crippen LogP contribution in [0.5, 0.6) is 5.75 Å². The minimum atomic E-state index is -3.76. The Morgan fingerprint density at radius 3 is 2.61 bits per heavy atom. The molecule has 1 aromatic carbocycles. The number of hydrogen-bond acceptors (Lipinski definition) is 3. The van der Waals surface area contributed by atoms with Gasteiger partial charge in [-0.05, 0) is 36.1 Å². The molecule has 0 bridgehead atoms. The number of halogens is 2. The summed E-state index contributed by atoms with van der Waals surface area (Å²) in [7, 11) is 1.54. The molecule has 1 unspecified atom stereocenters. The molecule has 0 aromatic heterocycles. The summed E-state index contributed by atoms with van der Waals surface area (Å²) in [6.07, 6.45) is 0.817. The molecule has 18 heavy (non-hydrogen) atoms. The van der Waals surface area contributed by atoms with Gasteiger partial charge in [-0.2, -0.15) is 0 Å². The van der Waals surface area contributed by atoms with E-state index < -0.39 is 15.7 Å². The van der Waals surface area contributed by atoms with E-state index in [0.29, 0.717) is 5.75 Å². The molecule has 1 rings (SSSR count). The summed E-state index contributed by atoms with van der Waals surface area (Å²) in [4.78, 5) is 0.0343. The Labute approximate surface area is 111 Å². The van der Waals surface area contributed by atoms with Gasteiger partial charge in [-0.15, -0.1) is 0 Å². The predicted molar refractivity (Wildman–Crippen MR) is 69.7 cm³/mol. The summed E-state index contributed by atoms with van der Waals surface area (Å²) in [6.45, 7) is 3.29. The molecule has 1 atom stereocenters. The van der Waals surface area contributed by atoms with Crippen LogP contribution in [0, 0.1) is 0 Å². The minimum Gasteiger partial charge on any atom is -0.491 e. The first-order valence-electron chi connectivity index (χ1n) is 5.67. The van der Waals surface area contributed by atoms with Crippen LogP contribution in [0.1, 0.15) is 31.7 Å². The van der Waals surface area contributed by atoms with E-state index in [9.17, 15) is 12.8 Å². The number of alkyl halides is 1. The van der Waals surface area contributed by atoms with Crippen molar-refractivity contribution in [1.29, 1.82) is 0 Å². The molecule has 0 aliphatic heterocycles. The van der Waals surface area contributed by atoms with E-state index >= 15 is 0 Å². The Balaban J connectivity index is 3.20. The van der Waals surface area contributed by atoms with Gasteiger partial charge in [0.2, 0.25) is 0 Å². The topological polar surface area (TPSA) is 43.4 Å². The van der Waals surface area contributed by atoms with Crippen LogP contribution in [0.3, 0.4) is 0 Å². The molecule has 102 valence electrons. The molecule has 0 amide bonds. The Bertz CT molecular complexity index is 502. The summed E-state index contributed by atoms with van der Waals surface area (Å²) in [6, 6.07) is 4.37. The van der Waals surface area contributed by atoms with Crippen molar-refractivity contribution in [2.24, 2.45) is 0 Å². The average Bonchev–Trinajstić information content (AvgIpc) is 2.34. The second-order valence-electron chi connectivity index (χ2n) is 3.98. The van der Waals surface area contributed by atoms with E-state index in [2.05, 4.69) is 0 Å². The second kappa shape index (κ2) is 6.38. The van der Waals surface area contributed by atoms with Crippen molar-refractivity contribution in [2.75, 3.05) is 13.3 Å². The molecule has 0 radical (unpaired) electrons. The molecule has 0 saturated carbocycles. The molecular weight excluding hydrogens is 279 g/mol. The van der Waals surface area contributed by atoms with Gasteiger partial charge in [-0.1, -0.05) is 13.8 Å². The van der Waals surface area contributed by atoms with Crippen LogP contribution < -0.4 is 4.74 Å². The average molecular weight is 295 g/mol. The molecule has 0 N–H and O–H groups in total. The lowest BCUT2D eigenvalue weighted by molar-refractivity contribution is 0.269. The van der Waals surface area contributed by atoms with Gasteiger partial charge in [0.25, 0.3) is 9.05 Å². The predicted octanol–water partition coefficient (Wildman–Crippen LogP) is 3.48. The van der Waals surface area contributed by atoms with Crippen molar-refractivity contribution in [3.05, 3.63) is 23.8 Å². The fourth-order valence-electron chi connectivity index (χ4n) is 1.56. The first-order valence-corrected chi connectivity index (χ1v) is 7.98. The van der Waals surface area contributed by atoms with Gasteiger partial charge < -0.3 is 4.74 Å². The van der Waals surface area contributed by atoms with Crippen LogP contribution >= 0.6 is 10.7 Å². The number of hydrogen-bond donors (Lipinski definition) is 0. The zero-order chi connectivity index (χ0) is 13.8. The van der Waals surface area contributed by atoms with Crippen LogP contribution in [0.15, 0.2) is 23.1 Å². The van der Waals surface area contributed by atoms with E-state index in [0.717, 1.165) is 12.0 Å². The lowest BCUT2D eigenvalue weighted by Crippen LogP contribution is -2.05. The smallest absolute Gasteiger partial charge is 0.261 e. The van der Waals surface area contributed by atoms with Gasteiger partial charge in [0, 0.05) is 10.7 Å². The Kier molecular flexibility index (Phi) is 5.41. The van der Waals surface area contributed by atoms with Crippen molar-refractivity contribution < 1.29 is 17.5 Å². The highest BCUT2D eigenvalue weighted by Gasteiger charge is 2.16. The van der Waals surface area contributed by atoms with E-state index in [1.165, 1.54) is 18.2 Å². The summed E-state index contributed by atoms with van der Waals surface area (Å²) >= 11 is 0. The molecule has 0 heterocycles. The Morgan fingerprint density at radius 2 is 2.11 bits per heavy atom. The second-order valence-corrected chi connectivity index (χ2v) is 6.55. The van der Waals surface area contributed by atoms with Crippen LogP contribution in [0.2, 0.25) is 0 Å². The fourth-order valence-corrected chi connectivity index (χ4v) is 2.35. The van der Waals surface area contributed by atoms with E-state index in [4.69, 9.17) is 15.4 Å². The third-order valence-corrected chi connectivity index (χ3v) is 4.09. The Morgan fingerprint density at radius 1 is 1.44 bits per heavy atom. The van der Waals surface area contributed by atoms with Crippen molar-refractivity contribution in [3.8, 4) is 5.75 Å². The summed E-state index contributed by atoms with van der Waals surface area (Å²) < 4.78 is 40.0. The summed E-state index contributed by atoms with van der Waals surface area (Å²) in [5.74, 6) is 0.615. The van der Waals surface area contributed by atoms with Gasteiger partial charge in [0.05, 0.1) is 4.90 Å². The van der Waals surface area contributed by atoms with Crippen LogP contribution in [-0.4, -0.2) is 21.7 Å². The molecule has 0 fully saturated rings. The van der Waals surface area contributed by atoms with Gasteiger partial charge in [-0.3, -0.25) is 0 Å². The van der Waals surface area contributed by atoms with Crippen molar-refractivity contribution in [2.45, 2.75) is 31.1 Å². The van der Waals surface area contributed by atoms with Crippen LogP contribution in [0.25, 0.3) is 0 Å². The lowest BCUT2D eigenvalue weighted by atomic mass is 9.98. The number of benzene rings is 1. The van der Waals surface area contributed by atoms with Gasteiger partial charge in [0.1, 0.15) is 19.0 Å². The van der Waals surface area contributed by atoms with Crippen LogP contribution in [0.4, 0.5) is 4.39 Å². The largest absolute Gasteiger partial charge is 0.491 e. The van der Waals surface area contributed by atoms with E-state index in [1.807, 2.05) is 13.8 Å². The maximum absolute atomic E-state index is 12.1. The molecule has 6 heteroatoms. The van der Waals surface area contributed by atoms with Crippen molar-refractivity contribution in [3.63, 3.8) is 0 Å². The van der Waals surface area contributed by atoms with E-state index in [1.54, 1.807) is 0 Å². The molecule has 0 saturated heterocycles. The third kappa shape index (κ3) is 3.85. The lowest BCUT2D eigenvalue weighted by Gasteiger charge is -2.16. The fraction of sp³-hybridized carbons (Fsp3) is 0.500. The summed E-state index contributed by atoms with van der Waals surface area (Å²) in [5.41, 5.74) is 0.729. The first-order chi connectivity index (χ1) is 8.40. The minimum absolute atomic E-state index is 0.0343. The highest BCUT2D eigenvalue weighted by Crippen LogP contribution is 2.32. The molecule has 3 nitrogen and oxygen atoms in total. The molecule has 0 spiro atoms. The number of ether oxygens (including phenoxy) is 1. The molecular formula is C12H16ClFO3S. The van der Waals surface area contributed by atoms with Gasteiger partial charge >= 0.3 is 0 Å². The van der Waals surface area contributed by atoms with Crippen LogP contribution in [-0.2, 0) is 9.05 Å². The first kappa shape index (κ1) is 15.2. The molecule has 1 aromatic rings. The van der Waals surface area contributed by atoms with Gasteiger partial charge in [0.15, 0.2) is 0 Å². The zero-order valence-corrected chi connectivity index (χ0v) is 11.9. The van der Waals surface area contributed by atoms with Gasteiger partial charge in [-0.25, -0.2) is 12.8 Å². The number of rotatable bonds is 6. The molecule has 0 aliphatic carbocycles. The van der Waals surface area contributed by atoms with Crippen molar-refractivity contribution >= 4 is 19.7 Å². The highest BCUT2D eigenvalue weighted by molar-refractivity contribution is 8.13. The standard InChI is InChI=1S/C12H16ClFO3S/c1-3-9(2)11-8-10(18(13,15)16)4-5-12(11)17-7-6-14/h4-5,8-9H,3,6-7H2,1-2H3. The monoisotopic (exact) mass is 294 g/mol. The Hall–Kier alpha value is -0.810. The maximum Gasteiger partial charge on any atom is 0.261 e. The molecule has 0 aliphatic rings.